The van der Waals surface area contributed by atoms with Gasteiger partial charge in [0.2, 0.25) is 0 Å². The van der Waals surface area contributed by atoms with Gasteiger partial charge in [0.25, 0.3) is 0 Å². The molecule has 0 radical (unpaired) electrons. The summed E-state index contributed by atoms with van der Waals surface area (Å²) < 4.78 is 0. The number of allylic oxidation sites excluding steroid dienone is 5. The number of hydrogen-bond acceptors (Lipinski definition) is 3. The average molecular weight is 481 g/mol. The molecule has 0 N–H and O–H groups in total. The number of nitrogens with zero attached hydrogens (tertiary/aromatic N) is 2. The van der Waals surface area contributed by atoms with Gasteiger partial charge in [0, 0.05) is 27.3 Å². The number of rotatable bonds is 3. The maximum absolute atomic E-state index is 13.4. The van der Waals surface area contributed by atoms with Gasteiger partial charge in [0.05, 0.1) is 5.02 Å². The Bertz CT molecular complexity index is 1170. The third kappa shape index (κ3) is 5.90. The molecule has 0 aliphatic heterocycles. The van der Waals surface area contributed by atoms with Gasteiger partial charge in [-0.1, -0.05) is 94.6 Å². The van der Waals surface area contributed by atoms with Crippen LogP contribution in [0.25, 0.3) is 5.70 Å². The van der Waals surface area contributed by atoms with Crippen LogP contribution in [0.4, 0.5) is 5.69 Å². The van der Waals surface area contributed by atoms with Gasteiger partial charge in [0.15, 0.2) is 5.78 Å². The van der Waals surface area contributed by atoms with Gasteiger partial charge in [-0.2, -0.15) is 0 Å². The van der Waals surface area contributed by atoms with Gasteiger partial charge >= 0.3 is 0 Å². The molecule has 0 amide bonds. The highest BCUT2D eigenvalue weighted by Crippen LogP contribution is 2.41. The molecular weight excluding hydrogens is 451 g/mol. The van der Waals surface area contributed by atoms with E-state index in [-0.39, 0.29) is 16.6 Å². The molecular formula is C28H30Cl2N2O. The predicted molar refractivity (Wildman–Crippen MR) is 139 cm³/mol. The van der Waals surface area contributed by atoms with Gasteiger partial charge in [-0.3, -0.25) is 4.79 Å². The summed E-state index contributed by atoms with van der Waals surface area (Å²) in [5, 5.41) is 10.1. The van der Waals surface area contributed by atoms with E-state index in [0.29, 0.717) is 21.4 Å². The molecule has 2 aromatic carbocycles. The minimum Gasteiger partial charge on any atom is -0.289 e. The lowest BCUT2D eigenvalue weighted by molar-refractivity contribution is -0.114. The summed E-state index contributed by atoms with van der Waals surface area (Å²) >= 11 is 12.4. The lowest BCUT2D eigenvalue weighted by Crippen LogP contribution is -2.28. The highest BCUT2D eigenvalue weighted by Gasteiger charge is 2.34. The monoisotopic (exact) mass is 480 g/mol. The molecule has 33 heavy (non-hydrogen) atoms. The molecule has 0 saturated heterocycles. The highest BCUT2D eigenvalue weighted by atomic mass is 35.5. The van der Waals surface area contributed by atoms with Crippen molar-refractivity contribution in [2.45, 2.75) is 48.5 Å². The zero-order chi connectivity index (χ0) is 24.6. The molecule has 0 unspecified atom stereocenters. The zero-order valence-electron chi connectivity index (χ0n) is 20.3. The number of halogens is 2. The van der Waals surface area contributed by atoms with Crippen LogP contribution < -0.4 is 0 Å². The van der Waals surface area contributed by atoms with Gasteiger partial charge in [-0.15, -0.1) is 10.2 Å². The first-order chi connectivity index (χ1) is 15.3. The predicted octanol–water partition coefficient (Wildman–Crippen LogP) is 9.32. The molecule has 0 aromatic heterocycles. The fourth-order valence-corrected chi connectivity index (χ4v) is 3.99. The van der Waals surface area contributed by atoms with Crippen molar-refractivity contribution in [2.75, 3.05) is 0 Å². The second-order valence-electron chi connectivity index (χ2n) is 10.4. The molecule has 0 fully saturated rings. The van der Waals surface area contributed by atoms with E-state index in [2.05, 4.69) is 51.8 Å². The van der Waals surface area contributed by atoms with E-state index < -0.39 is 0 Å². The molecule has 0 heterocycles. The van der Waals surface area contributed by atoms with Crippen LogP contribution in [-0.2, 0) is 4.79 Å². The average Bonchev–Trinajstić information content (AvgIpc) is 2.69. The van der Waals surface area contributed by atoms with Crippen molar-refractivity contribution in [1.82, 2.24) is 0 Å². The summed E-state index contributed by atoms with van der Waals surface area (Å²) in [6.07, 6.45) is 3.91. The number of carbonyl (C=O) groups is 1. The molecule has 0 saturated carbocycles. The first kappa shape index (κ1) is 25.1. The molecule has 1 aliphatic rings. The third-order valence-corrected chi connectivity index (χ3v) is 6.01. The molecule has 172 valence electrons. The van der Waals surface area contributed by atoms with E-state index >= 15 is 0 Å². The van der Waals surface area contributed by atoms with Crippen LogP contribution in [0.5, 0.6) is 0 Å². The summed E-state index contributed by atoms with van der Waals surface area (Å²) in [6, 6.07) is 13.2. The lowest BCUT2D eigenvalue weighted by atomic mass is 9.71. The van der Waals surface area contributed by atoms with Crippen molar-refractivity contribution in [2.24, 2.45) is 21.1 Å². The number of aryl methyl sites for hydroxylation is 1. The standard InChI is InChI=1S/C28H30Cl2N2O/c1-17-8-10-18(11-9-17)25(32-31-24-13-12-20(29)16-23(24)30)19-14-21(27(2,3)4)26(33)22(15-19)28(5,6)7/h8-16H,1-7H3. The largest absolute Gasteiger partial charge is 0.289 e. The number of ketones is 1. The Kier molecular flexibility index (Phi) is 7.16. The topological polar surface area (TPSA) is 41.8 Å². The minimum absolute atomic E-state index is 0.0830. The number of carbonyl (C=O) groups excluding carboxylic acids is 1. The number of hydrogen-bond donors (Lipinski definition) is 0. The van der Waals surface area contributed by atoms with E-state index in [1.165, 1.54) is 0 Å². The van der Waals surface area contributed by atoms with Crippen molar-refractivity contribution in [1.29, 1.82) is 0 Å². The van der Waals surface area contributed by atoms with Crippen molar-refractivity contribution in [3.05, 3.63) is 92.5 Å². The summed E-state index contributed by atoms with van der Waals surface area (Å²) in [5.74, 6) is 0.0830. The quantitative estimate of drug-likeness (QED) is 0.403. The smallest absolute Gasteiger partial charge is 0.186 e. The van der Waals surface area contributed by atoms with Gasteiger partial charge in [0.1, 0.15) is 11.4 Å². The summed E-state index contributed by atoms with van der Waals surface area (Å²) in [7, 11) is 0. The first-order valence-electron chi connectivity index (χ1n) is 10.9. The van der Waals surface area contributed by atoms with E-state index in [1.807, 2.05) is 43.3 Å². The van der Waals surface area contributed by atoms with E-state index in [9.17, 15) is 4.79 Å². The number of benzene rings is 2. The van der Waals surface area contributed by atoms with Crippen LogP contribution in [0.1, 0.15) is 52.7 Å². The lowest BCUT2D eigenvalue weighted by Gasteiger charge is -2.31. The Balaban J connectivity index is 2.30. The summed E-state index contributed by atoms with van der Waals surface area (Å²) in [5.41, 5.74) is 5.00. The summed E-state index contributed by atoms with van der Waals surface area (Å²) in [6.45, 7) is 14.4. The van der Waals surface area contributed by atoms with Gasteiger partial charge in [-0.25, -0.2) is 0 Å². The van der Waals surface area contributed by atoms with Crippen LogP contribution in [-0.4, -0.2) is 5.78 Å². The molecule has 0 spiro atoms. The minimum atomic E-state index is -0.317. The van der Waals surface area contributed by atoms with Gasteiger partial charge in [-0.05, 0) is 48.1 Å². The molecule has 3 nitrogen and oxygen atoms in total. The van der Waals surface area contributed by atoms with Gasteiger partial charge < -0.3 is 0 Å². The zero-order valence-corrected chi connectivity index (χ0v) is 21.8. The Morgan fingerprint density at radius 1 is 0.818 bits per heavy atom. The second-order valence-corrected chi connectivity index (χ2v) is 11.3. The fraction of sp³-hybridized carbons (Fsp3) is 0.321. The van der Waals surface area contributed by atoms with E-state index in [1.54, 1.807) is 18.2 Å². The van der Waals surface area contributed by atoms with Crippen LogP contribution in [0.3, 0.4) is 0 Å². The molecule has 1 aliphatic carbocycles. The molecule has 0 bridgehead atoms. The van der Waals surface area contributed by atoms with Crippen LogP contribution >= 0.6 is 23.2 Å². The van der Waals surface area contributed by atoms with Crippen LogP contribution in [0, 0.1) is 17.8 Å². The molecule has 3 rings (SSSR count). The van der Waals surface area contributed by atoms with Crippen molar-refractivity contribution < 1.29 is 4.79 Å². The molecule has 5 heteroatoms. The van der Waals surface area contributed by atoms with Crippen molar-refractivity contribution >= 4 is 40.4 Å². The van der Waals surface area contributed by atoms with Crippen molar-refractivity contribution in [3.63, 3.8) is 0 Å². The Labute approximate surface area is 206 Å². The number of Topliss-reactive ketones (excluding diaryl/α,β-unsaturated/α-hetero) is 1. The maximum Gasteiger partial charge on any atom is 0.186 e. The van der Waals surface area contributed by atoms with E-state index in [4.69, 9.17) is 23.2 Å². The van der Waals surface area contributed by atoms with Crippen molar-refractivity contribution in [3.8, 4) is 0 Å². The number of azo groups is 1. The maximum atomic E-state index is 13.4. The second kappa shape index (κ2) is 9.40. The Morgan fingerprint density at radius 3 is 1.85 bits per heavy atom. The van der Waals surface area contributed by atoms with Crippen LogP contribution in [0.2, 0.25) is 10.0 Å². The Hall–Kier alpha value is -2.49. The third-order valence-electron chi connectivity index (χ3n) is 5.47. The normalized spacial score (nSPS) is 15.1. The highest BCUT2D eigenvalue weighted by molar-refractivity contribution is 6.36. The summed E-state index contributed by atoms with van der Waals surface area (Å²) in [4.78, 5) is 13.4. The fourth-order valence-electron chi connectivity index (χ4n) is 3.54. The Morgan fingerprint density at radius 2 is 1.36 bits per heavy atom. The van der Waals surface area contributed by atoms with Crippen LogP contribution in [0.15, 0.2) is 81.6 Å². The van der Waals surface area contributed by atoms with E-state index in [0.717, 1.165) is 27.8 Å². The molecule has 0 atom stereocenters. The molecule has 2 aromatic rings. The SMILES string of the molecule is Cc1ccc(C(N=Nc2ccc(Cl)cc2Cl)=C2C=C(C(C)(C)C)C(=O)C(C(C)(C)C)=C2)cc1. The first-order valence-corrected chi connectivity index (χ1v) is 11.7.